The second-order valence-corrected chi connectivity index (χ2v) is 9.15. The van der Waals surface area contributed by atoms with Gasteiger partial charge in [0.15, 0.2) is 0 Å². The molecule has 0 saturated carbocycles. The molecule has 0 bridgehead atoms. The molecule has 5 nitrogen and oxygen atoms in total. The van der Waals surface area contributed by atoms with Crippen molar-refractivity contribution in [3.05, 3.63) is 23.9 Å². The summed E-state index contributed by atoms with van der Waals surface area (Å²) in [5, 5.41) is 6.16. The number of carbonyl (C=O) groups is 1. The van der Waals surface area contributed by atoms with Gasteiger partial charge < -0.3 is 10.6 Å². The Labute approximate surface area is 152 Å². The van der Waals surface area contributed by atoms with Crippen molar-refractivity contribution in [3.8, 4) is 0 Å². The molecule has 0 radical (unpaired) electrons. The van der Waals surface area contributed by atoms with Crippen molar-refractivity contribution in [2.24, 2.45) is 11.3 Å². The van der Waals surface area contributed by atoms with E-state index in [9.17, 15) is 4.79 Å². The molecule has 2 atom stereocenters. The second kappa shape index (κ2) is 7.32. The number of anilines is 1. The van der Waals surface area contributed by atoms with E-state index in [-0.39, 0.29) is 22.9 Å². The van der Waals surface area contributed by atoms with Crippen LogP contribution in [0.3, 0.4) is 0 Å². The van der Waals surface area contributed by atoms with Crippen LogP contribution in [-0.4, -0.2) is 41.0 Å². The molecule has 1 fully saturated rings. The first-order valence-electron chi connectivity index (χ1n) is 9.19. The summed E-state index contributed by atoms with van der Waals surface area (Å²) >= 11 is 0. The van der Waals surface area contributed by atoms with Crippen LogP contribution in [0.4, 0.5) is 5.82 Å². The maximum absolute atomic E-state index is 12.9. The van der Waals surface area contributed by atoms with E-state index in [1.807, 2.05) is 19.2 Å². The average Bonchev–Trinajstić information content (AvgIpc) is 2.98. The van der Waals surface area contributed by atoms with E-state index in [0.717, 1.165) is 24.3 Å². The van der Waals surface area contributed by atoms with Gasteiger partial charge in [-0.3, -0.25) is 9.69 Å². The molecule has 0 spiro atoms. The van der Waals surface area contributed by atoms with Crippen molar-refractivity contribution < 1.29 is 4.79 Å². The number of aromatic nitrogens is 1. The molecule has 0 aliphatic carbocycles. The Kier molecular flexibility index (Phi) is 5.77. The number of nitrogens with one attached hydrogen (secondary N) is 2. The summed E-state index contributed by atoms with van der Waals surface area (Å²) in [6, 6.07) is 3.85. The van der Waals surface area contributed by atoms with Crippen LogP contribution in [0.1, 0.15) is 53.5 Å². The monoisotopic (exact) mass is 346 g/mol. The molecule has 1 aromatic heterocycles. The minimum absolute atomic E-state index is 0.0159. The molecule has 1 aliphatic rings. The molecule has 5 heteroatoms. The smallest absolute Gasteiger partial charge is 0.237 e. The van der Waals surface area contributed by atoms with Crippen LogP contribution >= 0.6 is 0 Å². The fraction of sp³-hybridized carbons (Fsp3) is 0.700. The summed E-state index contributed by atoms with van der Waals surface area (Å²) in [5.41, 5.74) is 1.25. The predicted molar refractivity (Wildman–Crippen MR) is 103 cm³/mol. The van der Waals surface area contributed by atoms with Crippen LogP contribution in [0.5, 0.6) is 0 Å². The van der Waals surface area contributed by atoms with Gasteiger partial charge in [-0.1, -0.05) is 20.8 Å². The summed E-state index contributed by atoms with van der Waals surface area (Å²) in [4.78, 5) is 19.5. The number of rotatable bonds is 4. The summed E-state index contributed by atoms with van der Waals surface area (Å²) in [7, 11) is 1.84. The van der Waals surface area contributed by atoms with E-state index >= 15 is 0 Å². The van der Waals surface area contributed by atoms with Crippen LogP contribution in [0.2, 0.25) is 0 Å². The zero-order valence-electron chi connectivity index (χ0n) is 16.8. The number of carbonyl (C=O) groups excluding carboxylic acids is 1. The van der Waals surface area contributed by atoms with Crippen LogP contribution in [0, 0.1) is 11.3 Å². The summed E-state index contributed by atoms with van der Waals surface area (Å²) in [6.07, 6.45) is 2.69. The maximum atomic E-state index is 12.9. The van der Waals surface area contributed by atoms with E-state index in [4.69, 9.17) is 0 Å². The Morgan fingerprint density at radius 3 is 2.52 bits per heavy atom. The third-order valence-corrected chi connectivity index (χ3v) is 5.24. The van der Waals surface area contributed by atoms with Gasteiger partial charge >= 0.3 is 0 Å². The molecule has 2 heterocycles. The van der Waals surface area contributed by atoms with Gasteiger partial charge in [-0.2, -0.15) is 0 Å². The number of amides is 1. The highest BCUT2D eigenvalue weighted by Crippen LogP contribution is 2.39. The Morgan fingerprint density at radius 1 is 1.28 bits per heavy atom. The van der Waals surface area contributed by atoms with Crippen molar-refractivity contribution >= 4 is 11.7 Å². The molecule has 1 amide bonds. The highest BCUT2D eigenvalue weighted by atomic mass is 16.2. The topological polar surface area (TPSA) is 57.3 Å². The minimum atomic E-state index is -0.0603. The number of hydrogen-bond donors (Lipinski definition) is 2. The van der Waals surface area contributed by atoms with Crippen molar-refractivity contribution in [3.63, 3.8) is 0 Å². The normalized spacial score (nSPS) is 22.0. The molecule has 2 N–H and O–H groups in total. The van der Waals surface area contributed by atoms with Crippen LogP contribution in [0.15, 0.2) is 18.3 Å². The average molecular weight is 347 g/mol. The SMILES string of the molecule is CNc1cc(CNC(=O)[C@@H]2CC(C(C)(C)C)CN2C(C)(C)C)ccn1. The lowest BCUT2D eigenvalue weighted by atomic mass is 9.79. The summed E-state index contributed by atoms with van der Waals surface area (Å²) in [6.45, 7) is 14.9. The fourth-order valence-electron chi connectivity index (χ4n) is 3.48. The number of nitrogens with zero attached hydrogens (tertiary/aromatic N) is 2. The van der Waals surface area contributed by atoms with Gasteiger partial charge in [0.05, 0.1) is 6.04 Å². The van der Waals surface area contributed by atoms with Crippen molar-refractivity contribution in [1.82, 2.24) is 15.2 Å². The molecule has 1 aromatic rings. The lowest BCUT2D eigenvalue weighted by Crippen LogP contribution is -2.51. The number of pyridine rings is 1. The first-order valence-corrected chi connectivity index (χ1v) is 9.19. The highest BCUT2D eigenvalue weighted by Gasteiger charge is 2.45. The lowest BCUT2D eigenvalue weighted by Gasteiger charge is -2.36. The highest BCUT2D eigenvalue weighted by molar-refractivity contribution is 5.82. The van der Waals surface area contributed by atoms with Crippen LogP contribution in [-0.2, 0) is 11.3 Å². The molecular formula is C20H34N4O. The Hall–Kier alpha value is -1.62. The molecule has 0 aromatic carbocycles. The molecule has 140 valence electrons. The largest absolute Gasteiger partial charge is 0.373 e. The van der Waals surface area contributed by atoms with Gasteiger partial charge in [0.2, 0.25) is 5.91 Å². The third kappa shape index (κ3) is 4.94. The van der Waals surface area contributed by atoms with Gasteiger partial charge in [-0.05, 0) is 56.2 Å². The Morgan fingerprint density at radius 2 is 1.96 bits per heavy atom. The first-order chi connectivity index (χ1) is 11.5. The first kappa shape index (κ1) is 19.7. The van der Waals surface area contributed by atoms with E-state index < -0.39 is 0 Å². The predicted octanol–water partition coefficient (Wildman–Crippen LogP) is 3.27. The van der Waals surface area contributed by atoms with Crippen molar-refractivity contribution in [2.45, 2.75) is 66.1 Å². The molecule has 2 rings (SSSR count). The van der Waals surface area contributed by atoms with E-state index in [1.54, 1.807) is 6.20 Å². The Bertz CT molecular complexity index is 600. The quantitative estimate of drug-likeness (QED) is 0.878. The van der Waals surface area contributed by atoms with Gasteiger partial charge in [-0.25, -0.2) is 4.98 Å². The van der Waals surface area contributed by atoms with Gasteiger partial charge in [-0.15, -0.1) is 0 Å². The summed E-state index contributed by atoms with van der Waals surface area (Å²) in [5.74, 6) is 1.47. The molecule has 1 saturated heterocycles. The van der Waals surface area contributed by atoms with Crippen molar-refractivity contribution in [2.75, 3.05) is 18.9 Å². The van der Waals surface area contributed by atoms with E-state index in [2.05, 4.69) is 62.1 Å². The third-order valence-electron chi connectivity index (χ3n) is 5.24. The van der Waals surface area contributed by atoms with Gasteiger partial charge in [0.25, 0.3) is 0 Å². The van der Waals surface area contributed by atoms with Crippen molar-refractivity contribution in [1.29, 1.82) is 0 Å². The summed E-state index contributed by atoms with van der Waals surface area (Å²) < 4.78 is 0. The van der Waals surface area contributed by atoms with E-state index in [0.29, 0.717) is 12.5 Å². The van der Waals surface area contributed by atoms with Gasteiger partial charge in [0.1, 0.15) is 5.82 Å². The zero-order chi connectivity index (χ0) is 18.8. The molecule has 1 unspecified atom stereocenters. The standard InChI is InChI=1S/C20H34N4O/c1-19(2,3)15-11-16(24(13-15)20(4,5)6)18(25)23-12-14-8-9-22-17(10-14)21-7/h8-10,15-16H,11-13H2,1-7H3,(H,21,22)(H,23,25)/t15?,16-/m0/s1. The zero-order valence-corrected chi connectivity index (χ0v) is 16.8. The molecule has 25 heavy (non-hydrogen) atoms. The van der Waals surface area contributed by atoms with Crippen LogP contribution < -0.4 is 10.6 Å². The van der Waals surface area contributed by atoms with E-state index in [1.165, 1.54) is 0 Å². The second-order valence-electron chi connectivity index (χ2n) is 9.15. The minimum Gasteiger partial charge on any atom is -0.373 e. The number of likely N-dealkylation sites (tertiary alicyclic amines) is 1. The Balaban J connectivity index is 2.07. The maximum Gasteiger partial charge on any atom is 0.237 e. The van der Waals surface area contributed by atoms with Crippen LogP contribution in [0.25, 0.3) is 0 Å². The lowest BCUT2D eigenvalue weighted by molar-refractivity contribution is -0.127. The molecular weight excluding hydrogens is 312 g/mol. The van der Waals surface area contributed by atoms with Gasteiger partial charge in [0, 0.05) is 31.9 Å². The molecule has 1 aliphatic heterocycles. The fourth-order valence-corrected chi connectivity index (χ4v) is 3.48. The number of hydrogen-bond acceptors (Lipinski definition) is 4.